The number of nitrogens with one attached hydrogen (secondary N) is 1. The Morgan fingerprint density at radius 3 is 2.26 bits per heavy atom. The quantitative estimate of drug-likeness (QED) is 0.631. The summed E-state index contributed by atoms with van der Waals surface area (Å²) in [6, 6.07) is 14.3. The molecule has 10 heteroatoms. The number of carbonyl (C=O) groups is 1. The lowest BCUT2D eigenvalue weighted by atomic mass is 10.1. The SMILES string of the molecule is O=C(c1ccc(OC(F)(F)F)cc1)N1CCN(c2cc(-c3ccc(Cl)cc3)[nH]n2)CC1. The van der Waals surface area contributed by atoms with Crippen molar-refractivity contribution in [2.45, 2.75) is 6.36 Å². The van der Waals surface area contributed by atoms with Gasteiger partial charge in [0.25, 0.3) is 5.91 Å². The number of carbonyl (C=O) groups excluding carboxylic acids is 1. The van der Waals surface area contributed by atoms with Gasteiger partial charge in [-0.1, -0.05) is 23.7 Å². The second-order valence-corrected chi connectivity index (χ2v) is 7.43. The van der Waals surface area contributed by atoms with Crippen molar-refractivity contribution in [3.63, 3.8) is 0 Å². The van der Waals surface area contributed by atoms with E-state index in [-0.39, 0.29) is 11.7 Å². The first-order chi connectivity index (χ1) is 14.8. The van der Waals surface area contributed by atoms with E-state index in [1.807, 2.05) is 30.3 Å². The number of aromatic nitrogens is 2. The van der Waals surface area contributed by atoms with Crippen LogP contribution >= 0.6 is 11.6 Å². The Hall–Kier alpha value is -3.20. The summed E-state index contributed by atoms with van der Waals surface area (Å²) in [5.74, 6) is 0.191. The maximum absolute atomic E-state index is 12.7. The lowest BCUT2D eigenvalue weighted by Crippen LogP contribution is -2.48. The second kappa shape index (κ2) is 8.50. The summed E-state index contributed by atoms with van der Waals surface area (Å²) in [7, 11) is 0. The molecule has 2 aromatic carbocycles. The Labute approximate surface area is 181 Å². The molecule has 2 heterocycles. The molecule has 1 aromatic heterocycles. The van der Waals surface area contributed by atoms with Crippen LogP contribution in [-0.2, 0) is 0 Å². The van der Waals surface area contributed by atoms with Crippen LogP contribution < -0.4 is 9.64 Å². The van der Waals surface area contributed by atoms with Gasteiger partial charge in [-0.3, -0.25) is 9.89 Å². The van der Waals surface area contributed by atoms with E-state index >= 15 is 0 Å². The maximum atomic E-state index is 12.7. The van der Waals surface area contributed by atoms with Crippen molar-refractivity contribution in [1.82, 2.24) is 15.1 Å². The number of alkyl halides is 3. The monoisotopic (exact) mass is 450 g/mol. The number of hydrogen-bond donors (Lipinski definition) is 1. The van der Waals surface area contributed by atoms with E-state index in [1.165, 1.54) is 12.1 Å². The summed E-state index contributed by atoms with van der Waals surface area (Å²) in [5.41, 5.74) is 2.15. The van der Waals surface area contributed by atoms with Gasteiger partial charge in [0, 0.05) is 42.8 Å². The highest BCUT2D eigenvalue weighted by atomic mass is 35.5. The zero-order valence-corrected chi connectivity index (χ0v) is 17.0. The van der Waals surface area contributed by atoms with Gasteiger partial charge < -0.3 is 14.5 Å². The second-order valence-electron chi connectivity index (χ2n) is 7.00. The predicted octanol–water partition coefficient (Wildman–Crippen LogP) is 4.59. The van der Waals surface area contributed by atoms with Gasteiger partial charge in [-0.2, -0.15) is 5.10 Å². The molecule has 1 N–H and O–H groups in total. The molecular formula is C21H18ClF3N4O2. The van der Waals surface area contributed by atoms with E-state index in [4.69, 9.17) is 11.6 Å². The Morgan fingerprint density at radius 1 is 1.00 bits per heavy atom. The highest BCUT2D eigenvalue weighted by Gasteiger charge is 2.31. The first-order valence-corrected chi connectivity index (χ1v) is 9.88. The predicted molar refractivity (Wildman–Crippen MR) is 110 cm³/mol. The van der Waals surface area contributed by atoms with Crippen LogP contribution in [0.5, 0.6) is 5.75 Å². The third-order valence-corrected chi connectivity index (χ3v) is 5.20. The molecule has 0 saturated carbocycles. The number of benzene rings is 2. The summed E-state index contributed by atoms with van der Waals surface area (Å²) >= 11 is 5.93. The van der Waals surface area contributed by atoms with Crippen LogP contribution in [0.25, 0.3) is 11.3 Å². The molecule has 162 valence electrons. The van der Waals surface area contributed by atoms with Crippen LogP contribution in [0.4, 0.5) is 19.0 Å². The number of H-pyrrole nitrogens is 1. The van der Waals surface area contributed by atoms with Crippen LogP contribution in [0.15, 0.2) is 54.6 Å². The zero-order chi connectivity index (χ0) is 22.0. The summed E-state index contributed by atoms with van der Waals surface area (Å²) in [4.78, 5) is 16.4. The maximum Gasteiger partial charge on any atom is 0.573 e. The summed E-state index contributed by atoms with van der Waals surface area (Å²) in [6.45, 7) is 2.13. The normalized spacial score (nSPS) is 14.6. The Bertz CT molecular complexity index is 1040. The number of piperazine rings is 1. The van der Waals surface area contributed by atoms with E-state index in [2.05, 4.69) is 19.8 Å². The molecule has 0 radical (unpaired) electrons. The van der Waals surface area contributed by atoms with Crippen LogP contribution in [-0.4, -0.2) is 53.5 Å². The fourth-order valence-electron chi connectivity index (χ4n) is 3.37. The topological polar surface area (TPSA) is 61.5 Å². The van der Waals surface area contributed by atoms with Gasteiger partial charge in [-0.05, 0) is 42.0 Å². The summed E-state index contributed by atoms with van der Waals surface area (Å²) in [6.07, 6.45) is -4.76. The number of hydrogen-bond acceptors (Lipinski definition) is 4. The Balaban J connectivity index is 1.35. The lowest BCUT2D eigenvalue weighted by Gasteiger charge is -2.34. The van der Waals surface area contributed by atoms with Crippen molar-refractivity contribution in [2.24, 2.45) is 0 Å². The van der Waals surface area contributed by atoms with Gasteiger partial charge in [-0.15, -0.1) is 13.2 Å². The van der Waals surface area contributed by atoms with Crippen molar-refractivity contribution < 1.29 is 22.7 Å². The molecule has 0 unspecified atom stereocenters. The molecule has 0 atom stereocenters. The highest BCUT2D eigenvalue weighted by molar-refractivity contribution is 6.30. The average molecular weight is 451 g/mol. The van der Waals surface area contributed by atoms with Gasteiger partial charge >= 0.3 is 6.36 Å². The van der Waals surface area contributed by atoms with Crippen LogP contribution in [0.3, 0.4) is 0 Å². The van der Waals surface area contributed by atoms with E-state index < -0.39 is 6.36 Å². The largest absolute Gasteiger partial charge is 0.573 e. The molecule has 1 aliphatic heterocycles. The molecule has 3 aromatic rings. The molecule has 0 spiro atoms. The van der Waals surface area contributed by atoms with Crippen molar-refractivity contribution in [3.05, 3.63) is 65.2 Å². The highest BCUT2D eigenvalue weighted by Crippen LogP contribution is 2.25. The van der Waals surface area contributed by atoms with Crippen molar-refractivity contribution in [1.29, 1.82) is 0 Å². The Kier molecular flexibility index (Phi) is 5.77. The van der Waals surface area contributed by atoms with Crippen LogP contribution in [0.1, 0.15) is 10.4 Å². The van der Waals surface area contributed by atoms with E-state index in [0.29, 0.717) is 36.8 Å². The molecule has 1 fully saturated rings. The molecule has 6 nitrogen and oxygen atoms in total. The molecule has 4 rings (SSSR count). The number of amides is 1. The Morgan fingerprint density at radius 2 is 1.65 bits per heavy atom. The summed E-state index contributed by atoms with van der Waals surface area (Å²) < 4.78 is 40.6. The number of nitrogens with zero attached hydrogens (tertiary/aromatic N) is 3. The number of ether oxygens (including phenoxy) is 1. The van der Waals surface area contributed by atoms with Crippen molar-refractivity contribution in [2.75, 3.05) is 31.1 Å². The number of anilines is 1. The first-order valence-electron chi connectivity index (χ1n) is 9.50. The van der Waals surface area contributed by atoms with Crippen molar-refractivity contribution >= 4 is 23.3 Å². The van der Waals surface area contributed by atoms with Gasteiger partial charge in [0.2, 0.25) is 0 Å². The molecular weight excluding hydrogens is 433 g/mol. The van der Waals surface area contributed by atoms with Gasteiger partial charge in [-0.25, -0.2) is 0 Å². The minimum absolute atomic E-state index is 0.234. The molecule has 31 heavy (non-hydrogen) atoms. The first kappa shape index (κ1) is 21.0. The smallest absolute Gasteiger partial charge is 0.406 e. The van der Waals surface area contributed by atoms with Crippen LogP contribution in [0.2, 0.25) is 5.02 Å². The minimum Gasteiger partial charge on any atom is -0.406 e. The van der Waals surface area contributed by atoms with Gasteiger partial charge in [0.15, 0.2) is 5.82 Å². The standard InChI is InChI=1S/C21H18ClF3N4O2/c22-16-5-1-14(2-6-16)18-13-19(27-26-18)28-9-11-29(12-10-28)20(30)15-3-7-17(8-4-15)31-21(23,24)25/h1-8,13H,9-12H2,(H,26,27). The van der Waals surface area contributed by atoms with Gasteiger partial charge in [0.05, 0.1) is 5.69 Å². The van der Waals surface area contributed by atoms with E-state index in [0.717, 1.165) is 29.2 Å². The molecule has 1 saturated heterocycles. The number of rotatable bonds is 4. The van der Waals surface area contributed by atoms with E-state index in [1.54, 1.807) is 4.90 Å². The minimum atomic E-state index is -4.76. The lowest BCUT2D eigenvalue weighted by molar-refractivity contribution is -0.274. The third kappa shape index (κ3) is 5.11. The molecule has 1 amide bonds. The number of halogens is 4. The fourth-order valence-corrected chi connectivity index (χ4v) is 3.50. The van der Waals surface area contributed by atoms with Gasteiger partial charge in [0.1, 0.15) is 5.75 Å². The fraction of sp³-hybridized carbons (Fsp3) is 0.238. The third-order valence-electron chi connectivity index (χ3n) is 4.95. The zero-order valence-electron chi connectivity index (χ0n) is 16.2. The molecule has 1 aliphatic rings. The van der Waals surface area contributed by atoms with Crippen molar-refractivity contribution in [3.8, 4) is 17.0 Å². The summed E-state index contributed by atoms with van der Waals surface area (Å²) in [5, 5.41) is 8.04. The molecule has 0 bridgehead atoms. The molecule has 0 aliphatic carbocycles. The average Bonchev–Trinajstić information content (AvgIpc) is 3.24. The van der Waals surface area contributed by atoms with Crippen LogP contribution in [0, 0.1) is 0 Å². The van der Waals surface area contributed by atoms with E-state index in [9.17, 15) is 18.0 Å². The number of aromatic amines is 1.